The van der Waals surface area contributed by atoms with Gasteiger partial charge >= 0.3 is 6.18 Å². The van der Waals surface area contributed by atoms with Crippen LogP contribution in [-0.2, 0) is 16.1 Å². The largest absolute Gasteiger partial charge is 0.435 e. The van der Waals surface area contributed by atoms with Crippen LogP contribution in [-0.4, -0.2) is 24.6 Å². The maximum absolute atomic E-state index is 14.3. The predicted molar refractivity (Wildman–Crippen MR) is 88.9 cm³/mol. The lowest BCUT2D eigenvalue weighted by Gasteiger charge is -2.29. The number of aliphatic imine (C=N–C) groups is 1. The van der Waals surface area contributed by atoms with E-state index in [1.54, 1.807) is 0 Å². The van der Waals surface area contributed by atoms with Crippen molar-refractivity contribution < 1.29 is 35.6 Å². The van der Waals surface area contributed by atoms with Gasteiger partial charge in [-0.05, 0) is 23.3 Å². The zero-order chi connectivity index (χ0) is 21.0. The van der Waals surface area contributed by atoms with E-state index >= 15 is 0 Å². The van der Waals surface area contributed by atoms with E-state index in [0.29, 0.717) is 0 Å². The van der Waals surface area contributed by atoms with Crippen molar-refractivity contribution in [3.05, 3.63) is 70.5 Å². The molecule has 2 aromatic carbocycles. The number of oxime groups is 1. The van der Waals surface area contributed by atoms with Crippen molar-refractivity contribution >= 4 is 11.9 Å². The van der Waals surface area contributed by atoms with Crippen LogP contribution in [0.1, 0.15) is 23.1 Å². The zero-order valence-electron chi connectivity index (χ0n) is 14.4. The highest BCUT2D eigenvalue weighted by molar-refractivity contribution is 6.02. The Hall–Kier alpha value is -2.91. The molecule has 0 aromatic heterocycles. The zero-order valence-corrected chi connectivity index (χ0v) is 14.4. The van der Waals surface area contributed by atoms with Gasteiger partial charge in [-0.15, -0.1) is 0 Å². The highest BCUT2D eigenvalue weighted by Crippen LogP contribution is 2.49. The number of rotatable bonds is 3. The molecule has 2 aromatic rings. The van der Waals surface area contributed by atoms with Gasteiger partial charge in [-0.2, -0.15) is 13.2 Å². The fraction of sp³-hybridized carbons (Fsp3) is 0.263. The molecule has 2 aliphatic heterocycles. The van der Waals surface area contributed by atoms with E-state index in [4.69, 9.17) is 0 Å². The van der Waals surface area contributed by atoms with Gasteiger partial charge in [0.15, 0.2) is 23.1 Å². The Balaban J connectivity index is 1.68. The lowest BCUT2D eigenvalue weighted by Crippen LogP contribution is -2.43. The molecule has 0 aliphatic carbocycles. The number of hydrogen-bond donors (Lipinski definition) is 0. The summed E-state index contributed by atoms with van der Waals surface area (Å²) in [7, 11) is 0. The summed E-state index contributed by atoms with van der Waals surface area (Å²) in [6, 6.07) is 5.96. The molecule has 2 aliphatic rings. The summed E-state index contributed by atoms with van der Waals surface area (Å²) in [6.07, 6.45) is -4.88. The Bertz CT molecular complexity index is 1010. The Kier molecular flexibility index (Phi) is 4.21. The summed E-state index contributed by atoms with van der Waals surface area (Å²) in [6.45, 7) is -0.0463. The lowest BCUT2D eigenvalue weighted by atomic mass is 9.85. The van der Waals surface area contributed by atoms with Crippen molar-refractivity contribution in [2.45, 2.75) is 23.9 Å². The van der Waals surface area contributed by atoms with E-state index in [1.807, 2.05) is 0 Å². The normalized spacial score (nSPS) is 26.1. The van der Waals surface area contributed by atoms with Crippen molar-refractivity contribution in [3.8, 4) is 0 Å². The standard InChI is InChI=1S/C19H11F7N2O/c20-13-5-12(6-14(21)16(13)22)18(19(24,25)26)7-15(28-29-18)10-1-3-11(4-2-10)17(23)8-27-9-17/h1-6,8H,7,9H2. The SMILES string of the molecule is Fc1cc(C2(C(F)(F)F)CC(c3ccc(C4(F)C=NC4)cc3)=NO2)cc(F)c1F. The number of hydrogen-bond acceptors (Lipinski definition) is 3. The summed E-state index contributed by atoms with van der Waals surface area (Å²) in [5.41, 5.74) is -5.52. The first kappa shape index (κ1) is 19.4. The maximum atomic E-state index is 14.3. The number of halogens is 7. The smallest absolute Gasteiger partial charge is 0.374 e. The summed E-state index contributed by atoms with van der Waals surface area (Å²) in [4.78, 5) is 8.34. The van der Waals surface area contributed by atoms with E-state index in [2.05, 4.69) is 15.0 Å². The first-order valence-corrected chi connectivity index (χ1v) is 8.33. The second-order valence-electron chi connectivity index (χ2n) is 6.79. The molecule has 3 nitrogen and oxygen atoms in total. The molecular weight excluding hydrogens is 405 g/mol. The van der Waals surface area contributed by atoms with Crippen molar-refractivity contribution in [2.75, 3.05) is 6.54 Å². The van der Waals surface area contributed by atoms with Gasteiger partial charge < -0.3 is 4.84 Å². The highest BCUT2D eigenvalue weighted by atomic mass is 19.4. The molecule has 0 saturated heterocycles. The second kappa shape index (κ2) is 6.30. The van der Waals surface area contributed by atoms with E-state index in [-0.39, 0.29) is 35.5 Å². The highest BCUT2D eigenvalue weighted by Gasteiger charge is 2.62. The van der Waals surface area contributed by atoms with Gasteiger partial charge in [0.25, 0.3) is 5.60 Å². The topological polar surface area (TPSA) is 34.0 Å². The van der Waals surface area contributed by atoms with Gasteiger partial charge in [0.2, 0.25) is 0 Å². The summed E-state index contributed by atoms with van der Waals surface area (Å²) in [5.74, 6) is -5.44. The van der Waals surface area contributed by atoms with Crippen LogP contribution >= 0.6 is 0 Å². The van der Waals surface area contributed by atoms with Crippen LogP contribution in [0.4, 0.5) is 30.7 Å². The van der Waals surface area contributed by atoms with Crippen molar-refractivity contribution in [2.24, 2.45) is 10.1 Å². The molecule has 2 atom stereocenters. The van der Waals surface area contributed by atoms with Gasteiger partial charge in [0.1, 0.15) is 0 Å². The second-order valence-corrected chi connectivity index (χ2v) is 6.79. The van der Waals surface area contributed by atoms with Gasteiger partial charge in [0.05, 0.1) is 12.3 Å². The van der Waals surface area contributed by atoms with E-state index in [0.717, 1.165) is 6.21 Å². The molecule has 0 N–H and O–H groups in total. The van der Waals surface area contributed by atoms with Gasteiger partial charge in [0, 0.05) is 18.2 Å². The molecule has 29 heavy (non-hydrogen) atoms. The fourth-order valence-corrected chi connectivity index (χ4v) is 3.20. The van der Waals surface area contributed by atoms with Crippen LogP contribution in [0.3, 0.4) is 0 Å². The summed E-state index contributed by atoms with van der Waals surface area (Å²) >= 11 is 0. The van der Waals surface area contributed by atoms with Crippen LogP contribution in [0.2, 0.25) is 0 Å². The third kappa shape index (κ3) is 2.97. The third-order valence-corrected chi connectivity index (χ3v) is 4.95. The summed E-state index contributed by atoms with van der Waals surface area (Å²) < 4.78 is 96.1. The first-order valence-electron chi connectivity index (χ1n) is 8.33. The average molecular weight is 416 g/mol. The van der Waals surface area contributed by atoms with Crippen LogP contribution in [0, 0.1) is 17.5 Å². The maximum Gasteiger partial charge on any atom is 0.435 e. The Labute approximate surface area is 159 Å². The van der Waals surface area contributed by atoms with Crippen molar-refractivity contribution in [3.63, 3.8) is 0 Å². The molecule has 0 amide bonds. The Morgan fingerprint density at radius 1 is 0.931 bits per heavy atom. The minimum atomic E-state index is -5.11. The molecule has 4 rings (SSSR count). The van der Waals surface area contributed by atoms with Crippen LogP contribution < -0.4 is 0 Å². The number of benzene rings is 2. The molecule has 0 saturated carbocycles. The molecule has 2 heterocycles. The van der Waals surface area contributed by atoms with E-state index < -0.39 is 46.9 Å². The molecule has 10 heteroatoms. The molecule has 0 spiro atoms. The van der Waals surface area contributed by atoms with E-state index in [1.165, 1.54) is 24.3 Å². The van der Waals surface area contributed by atoms with Crippen molar-refractivity contribution in [1.29, 1.82) is 0 Å². The average Bonchev–Trinajstić information content (AvgIpc) is 3.11. The molecule has 0 bridgehead atoms. The predicted octanol–water partition coefficient (Wildman–Crippen LogP) is 4.94. The van der Waals surface area contributed by atoms with Crippen LogP contribution in [0.25, 0.3) is 0 Å². The van der Waals surface area contributed by atoms with Gasteiger partial charge in [-0.1, -0.05) is 29.4 Å². The minimum Gasteiger partial charge on any atom is -0.374 e. The molecular formula is C19H11F7N2O. The Morgan fingerprint density at radius 2 is 1.52 bits per heavy atom. The first-order chi connectivity index (χ1) is 13.6. The lowest BCUT2D eigenvalue weighted by molar-refractivity contribution is -0.276. The van der Waals surface area contributed by atoms with Gasteiger partial charge in [-0.3, -0.25) is 4.99 Å². The molecule has 152 valence electrons. The monoisotopic (exact) mass is 416 g/mol. The quantitative estimate of drug-likeness (QED) is 0.516. The van der Waals surface area contributed by atoms with Gasteiger partial charge in [-0.25, -0.2) is 17.6 Å². The summed E-state index contributed by atoms with van der Waals surface area (Å²) in [5, 5.41) is 3.45. The van der Waals surface area contributed by atoms with E-state index in [9.17, 15) is 30.7 Å². The Morgan fingerprint density at radius 3 is 2.00 bits per heavy atom. The number of nitrogens with zero attached hydrogens (tertiary/aromatic N) is 2. The molecule has 0 fully saturated rings. The van der Waals surface area contributed by atoms with Crippen LogP contribution in [0.5, 0.6) is 0 Å². The third-order valence-electron chi connectivity index (χ3n) is 4.95. The van der Waals surface area contributed by atoms with Crippen LogP contribution in [0.15, 0.2) is 46.5 Å². The van der Waals surface area contributed by atoms with Crippen molar-refractivity contribution in [1.82, 2.24) is 0 Å². The molecule has 0 radical (unpaired) electrons. The molecule has 2 unspecified atom stereocenters. The fourth-order valence-electron chi connectivity index (χ4n) is 3.20. The minimum absolute atomic E-state index is 0.0463. The number of alkyl halides is 4.